The number of nitrogens with zero attached hydrogens (tertiary/aromatic N) is 1. The van der Waals surface area contributed by atoms with Crippen molar-refractivity contribution in [1.82, 2.24) is 0 Å². The molecule has 1 aromatic carbocycles. The predicted octanol–water partition coefficient (Wildman–Crippen LogP) is 4.08. The van der Waals surface area contributed by atoms with Gasteiger partial charge in [-0.15, -0.1) is 11.6 Å². The predicted molar refractivity (Wildman–Crippen MR) is 82.6 cm³/mol. The third-order valence-corrected chi connectivity index (χ3v) is 5.57. The maximum Gasteiger partial charge on any atom is 0.400 e. The second-order valence-electron chi connectivity index (χ2n) is 5.14. The number of hydrogen-bond acceptors (Lipinski definition) is 2. The van der Waals surface area contributed by atoms with Gasteiger partial charge in [-0.25, -0.2) is 4.99 Å². The van der Waals surface area contributed by atoms with E-state index in [1.54, 1.807) is 0 Å². The van der Waals surface area contributed by atoms with Crippen LogP contribution in [0.1, 0.15) is 18.4 Å². The van der Waals surface area contributed by atoms with Crippen molar-refractivity contribution in [2.24, 2.45) is 10.7 Å². The molecule has 0 radical (unpaired) electrons. The summed E-state index contributed by atoms with van der Waals surface area (Å²) in [4.78, 5) is 3.43. The minimum atomic E-state index is -4.52. The first-order valence-corrected chi connectivity index (χ1v) is 8.38. The second-order valence-corrected chi connectivity index (χ2v) is 7.69. The van der Waals surface area contributed by atoms with Crippen molar-refractivity contribution >= 4 is 45.5 Å². The first-order chi connectivity index (χ1) is 10.0. The van der Waals surface area contributed by atoms with Crippen LogP contribution in [0, 0.1) is 6.92 Å². The van der Waals surface area contributed by atoms with Crippen LogP contribution >= 0.6 is 23.2 Å². The largest absolute Gasteiger partial charge is 0.400 e. The normalized spacial score (nSPS) is 19.1. The summed E-state index contributed by atoms with van der Waals surface area (Å²) in [5.41, 5.74) is 6.35. The number of aryl methyl sites for hydroxylation is 1. The van der Waals surface area contributed by atoms with Crippen molar-refractivity contribution in [3.05, 3.63) is 22.7 Å². The molecule has 2 rings (SSSR count). The Labute approximate surface area is 138 Å². The maximum absolute atomic E-state index is 12.4. The van der Waals surface area contributed by atoms with Crippen LogP contribution in [-0.2, 0) is 10.8 Å². The zero-order valence-corrected chi connectivity index (χ0v) is 13.8. The van der Waals surface area contributed by atoms with Crippen LogP contribution in [0.25, 0.3) is 0 Å². The van der Waals surface area contributed by atoms with Crippen LogP contribution in [-0.4, -0.2) is 26.8 Å². The third-order valence-electron chi connectivity index (χ3n) is 3.17. The lowest BCUT2D eigenvalue weighted by atomic mass is 10.2. The molecule has 0 bridgehead atoms. The summed E-state index contributed by atoms with van der Waals surface area (Å²) in [5, 5.41) is 0.217. The molecule has 1 unspecified atom stereocenters. The van der Waals surface area contributed by atoms with Crippen molar-refractivity contribution in [2.75, 3.05) is 5.75 Å². The molecule has 1 aliphatic carbocycles. The van der Waals surface area contributed by atoms with E-state index in [-0.39, 0.29) is 21.4 Å². The number of rotatable bonds is 4. The van der Waals surface area contributed by atoms with E-state index in [2.05, 4.69) is 4.99 Å². The molecule has 0 aromatic heterocycles. The van der Waals surface area contributed by atoms with Gasteiger partial charge in [0.1, 0.15) is 16.5 Å². The van der Waals surface area contributed by atoms with Crippen molar-refractivity contribution in [1.29, 1.82) is 0 Å². The molecule has 1 aliphatic rings. The highest BCUT2D eigenvalue weighted by Gasteiger charge is 2.44. The molecule has 2 N–H and O–H groups in total. The number of benzene rings is 1. The number of hydrogen-bond donors (Lipinski definition) is 1. The summed E-state index contributed by atoms with van der Waals surface area (Å²) in [6.45, 7) is 1.54. The van der Waals surface area contributed by atoms with Gasteiger partial charge >= 0.3 is 6.18 Å². The van der Waals surface area contributed by atoms with Gasteiger partial charge in [0, 0.05) is 4.90 Å². The Morgan fingerprint density at radius 3 is 2.55 bits per heavy atom. The Hall–Kier alpha value is -0.790. The highest BCUT2D eigenvalue weighted by molar-refractivity contribution is 7.85. The van der Waals surface area contributed by atoms with E-state index in [0.29, 0.717) is 18.4 Å². The maximum atomic E-state index is 12.4. The molecule has 1 fully saturated rings. The fourth-order valence-electron chi connectivity index (χ4n) is 1.80. The molecule has 1 atom stereocenters. The van der Waals surface area contributed by atoms with Gasteiger partial charge in [0.05, 0.1) is 21.5 Å². The summed E-state index contributed by atoms with van der Waals surface area (Å²) in [6.07, 6.45) is -3.16. The van der Waals surface area contributed by atoms with E-state index >= 15 is 0 Å². The quantitative estimate of drug-likeness (QED) is 0.491. The molecular formula is C13H13Cl2F3N2OS. The lowest BCUT2D eigenvalue weighted by Gasteiger charge is -2.12. The van der Waals surface area contributed by atoms with Crippen LogP contribution < -0.4 is 5.73 Å². The number of alkyl halides is 4. The monoisotopic (exact) mass is 372 g/mol. The van der Waals surface area contributed by atoms with Crippen molar-refractivity contribution in [3.63, 3.8) is 0 Å². The Morgan fingerprint density at radius 1 is 1.45 bits per heavy atom. The summed E-state index contributed by atoms with van der Waals surface area (Å²) < 4.78 is 49.1. The number of amidine groups is 1. The van der Waals surface area contributed by atoms with Crippen LogP contribution in [0.2, 0.25) is 5.02 Å². The zero-order chi connectivity index (χ0) is 16.7. The molecule has 0 spiro atoms. The molecular weight excluding hydrogens is 360 g/mol. The van der Waals surface area contributed by atoms with Gasteiger partial charge in [-0.3, -0.25) is 4.21 Å². The minimum absolute atomic E-state index is 0.0349. The molecule has 0 heterocycles. The van der Waals surface area contributed by atoms with Gasteiger partial charge < -0.3 is 5.73 Å². The van der Waals surface area contributed by atoms with Crippen molar-refractivity contribution in [3.8, 4) is 0 Å². The van der Waals surface area contributed by atoms with Gasteiger partial charge in [0.15, 0.2) is 0 Å². The van der Waals surface area contributed by atoms with Gasteiger partial charge in [0.25, 0.3) is 0 Å². The molecule has 0 saturated heterocycles. The van der Waals surface area contributed by atoms with Crippen molar-refractivity contribution in [2.45, 2.75) is 35.7 Å². The molecule has 9 heteroatoms. The third kappa shape index (κ3) is 4.14. The first kappa shape index (κ1) is 17.6. The van der Waals surface area contributed by atoms with E-state index in [0.717, 1.165) is 0 Å². The van der Waals surface area contributed by atoms with Gasteiger partial charge in [0.2, 0.25) is 0 Å². The Bertz CT molecular complexity index is 657. The minimum Gasteiger partial charge on any atom is -0.386 e. The Balaban J connectivity index is 2.37. The van der Waals surface area contributed by atoms with Crippen LogP contribution in [0.4, 0.5) is 18.9 Å². The topological polar surface area (TPSA) is 55.4 Å². The average molecular weight is 373 g/mol. The molecule has 1 saturated carbocycles. The van der Waals surface area contributed by atoms with E-state index < -0.39 is 27.6 Å². The van der Waals surface area contributed by atoms with Gasteiger partial charge in [-0.1, -0.05) is 11.6 Å². The highest BCUT2D eigenvalue weighted by Crippen LogP contribution is 2.43. The zero-order valence-electron chi connectivity index (χ0n) is 11.5. The van der Waals surface area contributed by atoms with E-state index in [9.17, 15) is 17.4 Å². The Morgan fingerprint density at radius 2 is 2.05 bits per heavy atom. The summed E-state index contributed by atoms with van der Waals surface area (Å²) >= 11 is 12.1. The van der Waals surface area contributed by atoms with Crippen LogP contribution in [0.15, 0.2) is 22.0 Å². The summed E-state index contributed by atoms with van der Waals surface area (Å²) in [5.74, 6) is -1.26. The van der Waals surface area contributed by atoms with Crippen molar-refractivity contribution < 1.29 is 17.4 Å². The first-order valence-electron chi connectivity index (χ1n) is 6.31. The molecule has 3 nitrogen and oxygen atoms in total. The second kappa shape index (κ2) is 6.02. The molecule has 0 aliphatic heterocycles. The van der Waals surface area contributed by atoms with Crippen LogP contribution in [0.3, 0.4) is 0 Å². The molecule has 1 aromatic rings. The lowest BCUT2D eigenvalue weighted by molar-refractivity contribution is -0.105. The van der Waals surface area contributed by atoms with E-state index in [1.807, 2.05) is 0 Å². The average Bonchev–Trinajstić information content (AvgIpc) is 3.09. The van der Waals surface area contributed by atoms with E-state index in [4.69, 9.17) is 28.9 Å². The molecule has 22 heavy (non-hydrogen) atoms. The number of halogens is 5. The lowest BCUT2D eigenvalue weighted by Crippen LogP contribution is -2.25. The summed E-state index contributed by atoms with van der Waals surface area (Å²) in [7, 11) is -2.23. The fourth-order valence-corrected chi connectivity index (χ4v) is 3.31. The Kier molecular flexibility index (Phi) is 4.80. The number of aliphatic imine (C=N–C) groups is 1. The highest BCUT2D eigenvalue weighted by atomic mass is 35.5. The molecule has 122 valence electrons. The fraction of sp³-hybridized carbons (Fsp3) is 0.462. The van der Waals surface area contributed by atoms with Crippen LogP contribution in [0.5, 0.6) is 0 Å². The smallest absolute Gasteiger partial charge is 0.386 e. The van der Waals surface area contributed by atoms with E-state index in [1.165, 1.54) is 19.1 Å². The number of nitrogens with two attached hydrogens (primary N) is 1. The SMILES string of the molecule is Cc1cc(Cl)c(N=C(N)C2(Cl)CC2)cc1S(=O)CC(F)(F)F. The van der Waals surface area contributed by atoms with Gasteiger partial charge in [-0.05, 0) is 37.5 Å². The molecule has 0 amide bonds. The summed E-state index contributed by atoms with van der Waals surface area (Å²) in [6, 6.07) is 2.69. The standard InChI is InChI=1S/C13H13Cl2F3N2OS/c1-7-4-8(14)9(20-11(19)12(15)2-3-12)5-10(7)22(21)6-13(16,17)18/h4-5H,2-3,6H2,1H3,(H2,19,20). The van der Waals surface area contributed by atoms with Gasteiger partial charge in [-0.2, -0.15) is 13.2 Å².